The van der Waals surface area contributed by atoms with E-state index in [1.807, 2.05) is 18.2 Å². The van der Waals surface area contributed by atoms with Crippen LogP contribution in [0.2, 0.25) is 0 Å². The molecule has 0 fully saturated rings. The summed E-state index contributed by atoms with van der Waals surface area (Å²) in [6, 6.07) is 5.76. The summed E-state index contributed by atoms with van der Waals surface area (Å²) in [6.07, 6.45) is 0.708. The first-order valence-electron chi connectivity index (χ1n) is 4.30. The molecule has 74 valence electrons. The van der Waals surface area contributed by atoms with Crippen LogP contribution in [0, 0.1) is 11.8 Å². The molecule has 1 aromatic carbocycles. The maximum Gasteiger partial charge on any atom is 0.135 e. The van der Waals surface area contributed by atoms with Crippen molar-refractivity contribution in [3.05, 3.63) is 28.2 Å². The number of hydrogen-bond donors (Lipinski definition) is 1. The highest BCUT2D eigenvalue weighted by atomic mass is 79.9. The lowest BCUT2D eigenvalue weighted by atomic mass is 10.2. The van der Waals surface area contributed by atoms with Gasteiger partial charge in [-0.3, -0.25) is 0 Å². The van der Waals surface area contributed by atoms with E-state index in [9.17, 15) is 0 Å². The SMILES string of the molecule is COc1cc(Br)ccc1C#CCCN. The summed E-state index contributed by atoms with van der Waals surface area (Å²) in [4.78, 5) is 0. The number of nitrogens with two attached hydrogens (primary N) is 1. The Labute approximate surface area is 92.6 Å². The summed E-state index contributed by atoms with van der Waals surface area (Å²) in [6.45, 7) is 0.589. The van der Waals surface area contributed by atoms with Gasteiger partial charge < -0.3 is 10.5 Å². The van der Waals surface area contributed by atoms with Crippen molar-refractivity contribution < 1.29 is 4.74 Å². The van der Waals surface area contributed by atoms with E-state index in [1.54, 1.807) is 7.11 Å². The molecular formula is C11H12BrNO. The third-order valence-electron chi connectivity index (χ3n) is 1.66. The molecule has 0 spiro atoms. The fourth-order valence-electron chi connectivity index (χ4n) is 0.998. The number of benzene rings is 1. The molecule has 0 aliphatic carbocycles. The molecule has 1 rings (SSSR count). The van der Waals surface area contributed by atoms with Gasteiger partial charge in [0.1, 0.15) is 5.75 Å². The lowest BCUT2D eigenvalue weighted by Gasteiger charge is -2.02. The summed E-state index contributed by atoms with van der Waals surface area (Å²) in [5.41, 5.74) is 6.24. The van der Waals surface area contributed by atoms with Crippen molar-refractivity contribution in [2.45, 2.75) is 6.42 Å². The zero-order valence-corrected chi connectivity index (χ0v) is 9.60. The van der Waals surface area contributed by atoms with Crippen molar-refractivity contribution in [2.24, 2.45) is 5.73 Å². The van der Waals surface area contributed by atoms with E-state index in [4.69, 9.17) is 10.5 Å². The Morgan fingerprint density at radius 3 is 2.93 bits per heavy atom. The minimum Gasteiger partial charge on any atom is -0.495 e. The summed E-state index contributed by atoms with van der Waals surface area (Å²) in [7, 11) is 1.63. The Hall–Kier alpha value is -0.980. The summed E-state index contributed by atoms with van der Waals surface area (Å²) in [5, 5.41) is 0. The molecule has 0 saturated heterocycles. The van der Waals surface area contributed by atoms with Crippen LogP contribution in [-0.2, 0) is 0 Å². The molecule has 3 heteroatoms. The van der Waals surface area contributed by atoms with Gasteiger partial charge in [0, 0.05) is 17.4 Å². The van der Waals surface area contributed by atoms with Gasteiger partial charge in [0.05, 0.1) is 12.7 Å². The molecule has 0 radical (unpaired) electrons. The molecule has 0 unspecified atom stereocenters. The van der Waals surface area contributed by atoms with Gasteiger partial charge in [-0.25, -0.2) is 0 Å². The second-order valence-corrected chi connectivity index (χ2v) is 3.60. The van der Waals surface area contributed by atoms with Crippen molar-refractivity contribution in [1.82, 2.24) is 0 Å². The van der Waals surface area contributed by atoms with Crippen LogP contribution in [-0.4, -0.2) is 13.7 Å². The average molecular weight is 254 g/mol. The van der Waals surface area contributed by atoms with Gasteiger partial charge in [0.15, 0.2) is 0 Å². The third kappa shape index (κ3) is 3.06. The van der Waals surface area contributed by atoms with Crippen LogP contribution in [0.1, 0.15) is 12.0 Å². The maximum absolute atomic E-state index is 5.35. The van der Waals surface area contributed by atoms with Crippen LogP contribution in [0.3, 0.4) is 0 Å². The van der Waals surface area contributed by atoms with E-state index in [2.05, 4.69) is 27.8 Å². The Kier molecular flexibility index (Phi) is 4.51. The Morgan fingerprint density at radius 2 is 2.29 bits per heavy atom. The second kappa shape index (κ2) is 5.69. The molecule has 0 heterocycles. The van der Waals surface area contributed by atoms with E-state index >= 15 is 0 Å². The van der Waals surface area contributed by atoms with Gasteiger partial charge in [0.25, 0.3) is 0 Å². The smallest absolute Gasteiger partial charge is 0.135 e. The van der Waals surface area contributed by atoms with Crippen molar-refractivity contribution in [2.75, 3.05) is 13.7 Å². The zero-order valence-electron chi connectivity index (χ0n) is 8.01. The second-order valence-electron chi connectivity index (χ2n) is 2.69. The van der Waals surface area contributed by atoms with Crippen molar-refractivity contribution in [3.63, 3.8) is 0 Å². The number of ether oxygens (including phenoxy) is 1. The first-order chi connectivity index (χ1) is 6.77. The largest absolute Gasteiger partial charge is 0.495 e. The van der Waals surface area contributed by atoms with Crippen LogP contribution in [0.5, 0.6) is 5.75 Å². The Morgan fingerprint density at radius 1 is 1.50 bits per heavy atom. The molecule has 14 heavy (non-hydrogen) atoms. The van der Waals surface area contributed by atoms with E-state index in [0.717, 1.165) is 15.8 Å². The van der Waals surface area contributed by atoms with E-state index < -0.39 is 0 Å². The van der Waals surface area contributed by atoms with Crippen LogP contribution >= 0.6 is 15.9 Å². The molecule has 1 aromatic rings. The normalized spacial score (nSPS) is 9.07. The van der Waals surface area contributed by atoms with Crippen LogP contribution < -0.4 is 10.5 Å². The highest BCUT2D eigenvalue weighted by Crippen LogP contribution is 2.22. The maximum atomic E-state index is 5.35. The lowest BCUT2D eigenvalue weighted by molar-refractivity contribution is 0.413. The van der Waals surface area contributed by atoms with Crippen LogP contribution in [0.25, 0.3) is 0 Å². The summed E-state index contributed by atoms with van der Waals surface area (Å²) in [5.74, 6) is 6.77. The predicted octanol–water partition coefficient (Wildman–Crippen LogP) is 2.16. The van der Waals surface area contributed by atoms with Crippen molar-refractivity contribution in [1.29, 1.82) is 0 Å². The molecule has 2 N–H and O–H groups in total. The standard InChI is InChI=1S/C11H12BrNO/c1-14-11-8-10(12)6-5-9(11)4-2-3-7-13/h5-6,8H,3,7,13H2,1H3. The molecule has 0 aliphatic heterocycles. The number of hydrogen-bond acceptors (Lipinski definition) is 2. The molecule has 0 bridgehead atoms. The number of methoxy groups -OCH3 is 1. The quantitative estimate of drug-likeness (QED) is 0.821. The van der Waals surface area contributed by atoms with Crippen molar-refractivity contribution >= 4 is 15.9 Å². The van der Waals surface area contributed by atoms with Crippen LogP contribution in [0.15, 0.2) is 22.7 Å². The average Bonchev–Trinajstić information content (AvgIpc) is 2.20. The highest BCUT2D eigenvalue weighted by molar-refractivity contribution is 9.10. The number of halogens is 1. The Balaban J connectivity index is 2.92. The fraction of sp³-hybridized carbons (Fsp3) is 0.273. The van der Waals surface area contributed by atoms with Crippen LogP contribution in [0.4, 0.5) is 0 Å². The van der Waals surface area contributed by atoms with E-state index in [-0.39, 0.29) is 0 Å². The fourth-order valence-corrected chi connectivity index (χ4v) is 1.34. The lowest BCUT2D eigenvalue weighted by Crippen LogP contribution is -1.95. The molecule has 0 amide bonds. The third-order valence-corrected chi connectivity index (χ3v) is 2.15. The highest BCUT2D eigenvalue weighted by Gasteiger charge is 1.99. The first-order valence-corrected chi connectivity index (χ1v) is 5.09. The molecule has 0 aromatic heterocycles. The van der Waals surface area contributed by atoms with Gasteiger partial charge in [-0.05, 0) is 18.2 Å². The van der Waals surface area contributed by atoms with E-state index in [1.165, 1.54) is 0 Å². The topological polar surface area (TPSA) is 35.2 Å². The van der Waals surface area contributed by atoms with Gasteiger partial charge >= 0.3 is 0 Å². The molecule has 2 nitrogen and oxygen atoms in total. The minimum atomic E-state index is 0.589. The number of rotatable bonds is 2. The first kappa shape index (κ1) is 11.1. The van der Waals surface area contributed by atoms with Gasteiger partial charge in [-0.2, -0.15) is 0 Å². The Bertz CT molecular complexity index is 365. The predicted molar refractivity (Wildman–Crippen MR) is 61.2 cm³/mol. The molecule has 0 saturated carbocycles. The molecular weight excluding hydrogens is 242 g/mol. The zero-order chi connectivity index (χ0) is 10.4. The minimum absolute atomic E-state index is 0.589. The molecule has 0 aliphatic rings. The monoisotopic (exact) mass is 253 g/mol. The van der Waals surface area contributed by atoms with Crippen molar-refractivity contribution in [3.8, 4) is 17.6 Å². The van der Waals surface area contributed by atoms with Gasteiger partial charge in [-0.1, -0.05) is 27.8 Å². The summed E-state index contributed by atoms with van der Waals surface area (Å²) < 4.78 is 6.18. The summed E-state index contributed by atoms with van der Waals surface area (Å²) >= 11 is 3.37. The van der Waals surface area contributed by atoms with Gasteiger partial charge in [-0.15, -0.1) is 0 Å². The van der Waals surface area contributed by atoms with E-state index in [0.29, 0.717) is 13.0 Å². The molecule has 0 atom stereocenters. The van der Waals surface area contributed by atoms with Gasteiger partial charge in [0.2, 0.25) is 0 Å².